The van der Waals surface area contributed by atoms with Crippen LogP contribution in [0.3, 0.4) is 0 Å². The van der Waals surface area contributed by atoms with Gasteiger partial charge in [-0.2, -0.15) is 5.26 Å². The van der Waals surface area contributed by atoms with Crippen LogP contribution in [0, 0.1) is 11.3 Å². The number of nitrogens with zero attached hydrogens (tertiary/aromatic N) is 2. The lowest BCUT2D eigenvalue weighted by Gasteiger charge is -2.11. The van der Waals surface area contributed by atoms with E-state index in [1.807, 2.05) is 55.5 Å². The number of benzene rings is 2. The molecule has 0 heterocycles. The number of halogens is 1. The summed E-state index contributed by atoms with van der Waals surface area (Å²) >= 11 is 5.98. The van der Waals surface area contributed by atoms with Crippen LogP contribution in [0.5, 0.6) is 0 Å². The highest BCUT2D eigenvalue weighted by molar-refractivity contribution is 6.30. The number of nitrogens with one attached hydrogen (secondary N) is 2. The molecule has 0 unspecified atom stereocenters. The lowest BCUT2D eigenvalue weighted by atomic mass is 10.1. The summed E-state index contributed by atoms with van der Waals surface area (Å²) in [6.45, 7) is 4.02. The van der Waals surface area contributed by atoms with Crippen molar-refractivity contribution in [2.24, 2.45) is 4.99 Å². The van der Waals surface area contributed by atoms with Crippen LogP contribution in [0.2, 0.25) is 5.02 Å². The van der Waals surface area contributed by atoms with Crippen LogP contribution in [-0.4, -0.2) is 12.5 Å². The lowest BCUT2D eigenvalue weighted by molar-refractivity contribution is 0.816. The summed E-state index contributed by atoms with van der Waals surface area (Å²) in [5.74, 6) is 0.747. The average Bonchev–Trinajstić information content (AvgIpc) is 2.58. The molecule has 0 fully saturated rings. The highest BCUT2D eigenvalue weighted by Gasteiger charge is 2.00. The lowest BCUT2D eigenvalue weighted by Crippen LogP contribution is -2.36. The molecule has 0 aromatic heterocycles. The number of aliphatic imine (C=N–C) groups is 1. The maximum atomic E-state index is 8.81. The van der Waals surface area contributed by atoms with Crippen molar-refractivity contribution in [2.75, 3.05) is 6.54 Å². The molecule has 2 aromatic rings. The molecule has 0 saturated carbocycles. The summed E-state index contributed by atoms with van der Waals surface area (Å²) in [6.07, 6.45) is 0. The van der Waals surface area contributed by atoms with Gasteiger partial charge < -0.3 is 10.6 Å². The second-order valence-electron chi connectivity index (χ2n) is 4.99. The summed E-state index contributed by atoms with van der Waals surface area (Å²) in [6, 6.07) is 17.3. The Balaban J connectivity index is 1.97. The molecule has 0 aliphatic carbocycles. The largest absolute Gasteiger partial charge is 0.357 e. The van der Waals surface area contributed by atoms with E-state index >= 15 is 0 Å². The Morgan fingerprint density at radius 1 is 1.13 bits per heavy atom. The normalized spacial score (nSPS) is 10.9. The monoisotopic (exact) mass is 326 g/mol. The van der Waals surface area contributed by atoms with Gasteiger partial charge in [-0.1, -0.05) is 35.9 Å². The van der Waals surface area contributed by atoms with E-state index in [1.54, 1.807) is 0 Å². The van der Waals surface area contributed by atoms with Crippen LogP contribution < -0.4 is 10.6 Å². The zero-order valence-electron chi connectivity index (χ0n) is 13.0. The molecule has 5 heteroatoms. The standard InChI is InChI=1S/C18H19ClN4/c1-2-21-18(23-13-16-4-3-5-17(19)10-16)22-12-15-8-6-14(11-20)7-9-15/h3-10H,2,12-13H2,1H3,(H2,21,22,23). The Morgan fingerprint density at radius 3 is 2.57 bits per heavy atom. The fraction of sp³-hybridized carbons (Fsp3) is 0.222. The third-order valence-electron chi connectivity index (χ3n) is 3.20. The third-order valence-corrected chi connectivity index (χ3v) is 3.43. The first-order valence-corrected chi connectivity index (χ1v) is 7.84. The van der Waals surface area contributed by atoms with Crippen LogP contribution in [-0.2, 0) is 13.1 Å². The van der Waals surface area contributed by atoms with Gasteiger partial charge in [0, 0.05) is 18.1 Å². The van der Waals surface area contributed by atoms with E-state index < -0.39 is 0 Å². The Morgan fingerprint density at radius 2 is 1.91 bits per heavy atom. The quantitative estimate of drug-likeness (QED) is 0.653. The van der Waals surface area contributed by atoms with Gasteiger partial charge in [0.2, 0.25) is 0 Å². The van der Waals surface area contributed by atoms with Gasteiger partial charge in [0.1, 0.15) is 0 Å². The minimum Gasteiger partial charge on any atom is -0.357 e. The number of hydrogen-bond acceptors (Lipinski definition) is 2. The maximum absolute atomic E-state index is 8.81. The van der Waals surface area contributed by atoms with Crippen molar-refractivity contribution >= 4 is 17.6 Å². The fourth-order valence-electron chi connectivity index (χ4n) is 2.03. The number of hydrogen-bond donors (Lipinski definition) is 2. The van der Waals surface area contributed by atoms with Crippen molar-refractivity contribution < 1.29 is 0 Å². The van der Waals surface area contributed by atoms with Crippen molar-refractivity contribution in [3.05, 3.63) is 70.2 Å². The van der Waals surface area contributed by atoms with Crippen LogP contribution >= 0.6 is 11.6 Å². The van der Waals surface area contributed by atoms with Gasteiger partial charge in [-0.15, -0.1) is 0 Å². The topological polar surface area (TPSA) is 60.2 Å². The van der Waals surface area contributed by atoms with Crippen molar-refractivity contribution in [1.29, 1.82) is 5.26 Å². The summed E-state index contributed by atoms with van der Waals surface area (Å²) in [7, 11) is 0. The predicted molar refractivity (Wildman–Crippen MR) is 94.3 cm³/mol. The molecule has 2 rings (SSSR count). The van der Waals surface area contributed by atoms with E-state index in [9.17, 15) is 0 Å². The molecule has 0 atom stereocenters. The number of rotatable bonds is 5. The first kappa shape index (κ1) is 16.9. The maximum Gasteiger partial charge on any atom is 0.191 e. The number of nitriles is 1. The molecule has 118 valence electrons. The minimum absolute atomic E-state index is 0.559. The van der Waals surface area contributed by atoms with Crippen molar-refractivity contribution in [2.45, 2.75) is 20.0 Å². The van der Waals surface area contributed by atoms with Gasteiger partial charge in [0.15, 0.2) is 5.96 Å². The second kappa shape index (κ2) is 8.82. The molecule has 0 spiro atoms. The van der Waals surface area contributed by atoms with Crippen LogP contribution in [0.1, 0.15) is 23.6 Å². The highest BCUT2D eigenvalue weighted by Crippen LogP contribution is 2.11. The molecule has 0 saturated heterocycles. The average molecular weight is 327 g/mol. The predicted octanol–water partition coefficient (Wildman–Crippen LogP) is 3.47. The Hall–Kier alpha value is -2.51. The SMILES string of the molecule is CCNC(=NCc1cccc(Cl)c1)NCc1ccc(C#N)cc1. The molecule has 0 aliphatic heterocycles. The van der Waals surface area contributed by atoms with Gasteiger partial charge >= 0.3 is 0 Å². The fourth-order valence-corrected chi connectivity index (χ4v) is 2.24. The second-order valence-corrected chi connectivity index (χ2v) is 5.42. The van der Waals surface area contributed by atoms with E-state index in [0.717, 1.165) is 23.6 Å². The molecule has 2 aromatic carbocycles. The Kier molecular flexibility index (Phi) is 6.46. The molecular formula is C18H19ClN4. The van der Waals surface area contributed by atoms with Crippen molar-refractivity contribution in [3.63, 3.8) is 0 Å². The van der Waals surface area contributed by atoms with Gasteiger partial charge in [-0.3, -0.25) is 0 Å². The van der Waals surface area contributed by atoms with Gasteiger partial charge in [-0.25, -0.2) is 4.99 Å². The zero-order chi connectivity index (χ0) is 16.5. The minimum atomic E-state index is 0.559. The van der Waals surface area contributed by atoms with Crippen molar-refractivity contribution in [1.82, 2.24) is 10.6 Å². The molecule has 2 N–H and O–H groups in total. The molecule has 0 bridgehead atoms. The molecule has 0 amide bonds. The van der Waals surface area contributed by atoms with E-state index in [1.165, 1.54) is 0 Å². The number of guanidine groups is 1. The van der Waals surface area contributed by atoms with Crippen LogP contribution in [0.25, 0.3) is 0 Å². The van der Waals surface area contributed by atoms with Gasteiger partial charge in [-0.05, 0) is 42.3 Å². The first-order chi connectivity index (χ1) is 11.2. The molecule has 23 heavy (non-hydrogen) atoms. The summed E-state index contributed by atoms with van der Waals surface area (Å²) in [4.78, 5) is 4.56. The first-order valence-electron chi connectivity index (χ1n) is 7.47. The Bertz CT molecular complexity index is 702. The summed E-state index contributed by atoms with van der Waals surface area (Å²) in [5.41, 5.74) is 2.82. The van der Waals surface area contributed by atoms with Crippen molar-refractivity contribution in [3.8, 4) is 6.07 Å². The van der Waals surface area contributed by atoms with Gasteiger partial charge in [0.25, 0.3) is 0 Å². The molecule has 0 aliphatic rings. The van der Waals surface area contributed by atoms with Crippen LogP contribution in [0.15, 0.2) is 53.5 Å². The Labute approximate surface area is 141 Å². The van der Waals surface area contributed by atoms with E-state index in [2.05, 4.69) is 21.7 Å². The van der Waals surface area contributed by atoms with E-state index in [4.69, 9.17) is 16.9 Å². The highest BCUT2D eigenvalue weighted by atomic mass is 35.5. The smallest absolute Gasteiger partial charge is 0.191 e. The van der Waals surface area contributed by atoms with Crippen LogP contribution in [0.4, 0.5) is 0 Å². The summed E-state index contributed by atoms with van der Waals surface area (Å²) in [5, 5.41) is 16.0. The molecule has 4 nitrogen and oxygen atoms in total. The van der Waals surface area contributed by atoms with Gasteiger partial charge in [0.05, 0.1) is 18.2 Å². The zero-order valence-corrected chi connectivity index (χ0v) is 13.8. The summed E-state index contributed by atoms with van der Waals surface area (Å²) < 4.78 is 0. The third kappa shape index (κ3) is 5.65. The van der Waals surface area contributed by atoms with E-state index in [-0.39, 0.29) is 0 Å². The van der Waals surface area contributed by atoms with E-state index in [0.29, 0.717) is 23.7 Å². The molecule has 0 radical (unpaired) electrons. The molecular weight excluding hydrogens is 308 g/mol.